The Hall–Kier alpha value is -1.60. The second-order valence-corrected chi connectivity index (χ2v) is 2.29. The highest BCUT2D eigenvalue weighted by atomic mass is 16.5. The summed E-state index contributed by atoms with van der Waals surface area (Å²) in [7, 11) is 3.39. The Bertz CT molecular complexity index is 310. The maximum absolute atomic E-state index is 4.86. The second kappa shape index (κ2) is 5.12. The van der Waals surface area contributed by atoms with Crippen LogP contribution in [-0.4, -0.2) is 30.9 Å². The number of rotatable bonds is 2. The molecule has 0 unspecified atom stereocenters. The van der Waals surface area contributed by atoms with E-state index in [1.165, 1.54) is 0 Å². The molecule has 0 saturated heterocycles. The van der Waals surface area contributed by atoms with Crippen LogP contribution in [0, 0.1) is 11.8 Å². The predicted octanol–water partition coefficient (Wildman–Crippen LogP) is 0.0561. The van der Waals surface area contributed by atoms with Gasteiger partial charge in [0.1, 0.15) is 5.69 Å². The predicted molar refractivity (Wildman–Crippen MR) is 49.4 cm³/mol. The van der Waals surface area contributed by atoms with Crippen LogP contribution in [0.4, 0.5) is 0 Å². The summed E-state index contributed by atoms with van der Waals surface area (Å²) in [6.07, 6.45) is 0. The Morgan fingerprint density at radius 1 is 1.46 bits per heavy atom. The van der Waals surface area contributed by atoms with Gasteiger partial charge in [-0.1, -0.05) is 5.92 Å². The fraction of sp³-hybridized carbons (Fsp3) is 0.333. The summed E-state index contributed by atoms with van der Waals surface area (Å²) < 4.78 is 4.86. The summed E-state index contributed by atoms with van der Waals surface area (Å²) >= 11 is 0. The summed E-state index contributed by atoms with van der Waals surface area (Å²) in [6, 6.07) is 3.50. The lowest BCUT2D eigenvalue weighted by Gasteiger charge is -1.94. The van der Waals surface area contributed by atoms with E-state index in [0.29, 0.717) is 18.1 Å². The molecule has 1 aromatic heterocycles. The fourth-order valence-corrected chi connectivity index (χ4v) is 0.719. The summed E-state index contributed by atoms with van der Waals surface area (Å²) in [5, 5.41) is 10.5. The molecule has 4 heteroatoms. The molecule has 0 fully saturated rings. The van der Waals surface area contributed by atoms with Crippen LogP contribution >= 0.6 is 0 Å². The SMILES string of the molecule is CNCC#Cc1ccc(OC)nn1. The first-order valence-electron chi connectivity index (χ1n) is 3.88. The molecule has 0 aliphatic carbocycles. The first kappa shape index (κ1) is 9.49. The zero-order valence-corrected chi connectivity index (χ0v) is 7.66. The molecule has 4 nitrogen and oxygen atoms in total. The van der Waals surface area contributed by atoms with Crippen molar-refractivity contribution in [2.75, 3.05) is 20.7 Å². The van der Waals surface area contributed by atoms with Crippen molar-refractivity contribution in [1.82, 2.24) is 15.5 Å². The van der Waals surface area contributed by atoms with Gasteiger partial charge in [0, 0.05) is 6.07 Å². The third kappa shape index (κ3) is 3.09. The number of nitrogens with one attached hydrogen (secondary N) is 1. The molecule has 1 N–H and O–H groups in total. The van der Waals surface area contributed by atoms with E-state index >= 15 is 0 Å². The normalized spacial score (nSPS) is 8.77. The minimum Gasteiger partial charge on any atom is -0.480 e. The number of ether oxygens (including phenoxy) is 1. The molecule has 0 spiro atoms. The zero-order valence-electron chi connectivity index (χ0n) is 7.66. The van der Waals surface area contributed by atoms with Crippen LogP contribution in [0.15, 0.2) is 12.1 Å². The highest BCUT2D eigenvalue weighted by Crippen LogP contribution is 2.01. The molecule has 13 heavy (non-hydrogen) atoms. The monoisotopic (exact) mass is 177 g/mol. The summed E-state index contributed by atoms with van der Waals surface area (Å²) in [5.74, 6) is 6.24. The smallest absolute Gasteiger partial charge is 0.233 e. The van der Waals surface area contributed by atoms with E-state index < -0.39 is 0 Å². The molecular weight excluding hydrogens is 166 g/mol. The molecule has 0 aliphatic heterocycles. The van der Waals surface area contributed by atoms with E-state index in [0.717, 1.165) is 0 Å². The van der Waals surface area contributed by atoms with E-state index in [9.17, 15) is 0 Å². The molecule has 0 bridgehead atoms. The van der Waals surface area contributed by atoms with Crippen LogP contribution in [0.25, 0.3) is 0 Å². The van der Waals surface area contributed by atoms with Crippen LogP contribution in [0.3, 0.4) is 0 Å². The van der Waals surface area contributed by atoms with Gasteiger partial charge in [-0.25, -0.2) is 0 Å². The summed E-state index contributed by atoms with van der Waals surface area (Å²) in [6.45, 7) is 0.647. The van der Waals surface area contributed by atoms with Gasteiger partial charge in [-0.3, -0.25) is 0 Å². The van der Waals surface area contributed by atoms with E-state index in [-0.39, 0.29) is 0 Å². The highest BCUT2D eigenvalue weighted by Gasteiger charge is 1.92. The lowest BCUT2D eigenvalue weighted by Crippen LogP contribution is -2.04. The lowest BCUT2D eigenvalue weighted by atomic mass is 10.4. The molecule has 1 heterocycles. The van der Waals surface area contributed by atoms with Gasteiger partial charge in [0.05, 0.1) is 13.7 Å². The Morgan fingerprint density at radius 2 is 2.31 bits per heavy atom. The van der Waals surface area contributed by atoms with Crippen molar-refractivity contribution in [3.8, 4) is 17.7 Å². The van der Waals surface area contributed by atoms with Crippen LogP contribution in [0.2, 0.25) is 0 Å². The minimum atomic E-state index is 0.499. The molecule has 1 rings (SSSR count). The van der Waals surface area contributed by atoms with Crippen molar-refractivity contribution >= 4 is 0 Å². The third-order valence-electron chi connectivity index (χ3n) is 1.33. The van der Waals surface area contributed by atoms with E-state index in [1.54, 1.807) is 19.2 Å². The van der Waals surface area contributed by atoms with Gasteiger partial charge < -0.3 is 10.1 Å². The van der Waals surface area contributed by atoms with Crippen molar-refractivity contribution in [3.63, 3.8) is 0 Å². The average molecular weight is 177 g/mol. The zero-order chi connectivity index (χ0) is 9.52. The maximum Gasteiger partial charge on any atom is 0.233 e. The van der Waals surface area contributed by atoms with Crippen LogP contribution in [-0.2, 0) is 0 Å². The Labute approximate surface area is 77.3 Å². The van der Waals surface area contributed by atoms with Crippen LogP contribution < -0.4 is 10.1 Å². The molecule has 0 radical (unpaired) electrons. The van der Waals surface area contributed by atoms with Crippen molar-refractivity contribution in [3.05, 3.63) is 17.8 Å². The van der Waals surface area contributed by atoms with Crippen molar-refractivity contribution in [1.29, 1.82) is 0 Å². The molecule has 0 aliphatic rings. The molecule has 1 aromatic rings. The summed E-state index contributed by atoms with van der Waals surface area (Å²) in [5.41, 5.74) is 0.649. The van der Waals surface area contributed by atoms with Crippen LogP contribution in [0.1, 0.15) is 5.69 Å². The second-order valence-electron chi connectivity index (χ2n) is 2.29. The van der Waals surface area contributed by atoms with Gasteiger partial charge in [-0.2, -0.15) is 0 Å². The van der Waals surface area contributed by atoms with Gasteiger partial charge in [-0.05, 0) is 19.0 Å². The highest BCUT2D eigenvalue weighted by molar-refractivity contribution is 5.28. The molecule has 0 amide bonds. The Kier molecular flexibility index (Phi) is 3.74. The quantitative estimate of drug-likeness (QED) is 0.649. The van der Waals surface area contributed by atoms with Crippen molar-refractivity contribution < 1.29 is 4.74 Å². The molecule has 0 atom stereocenters. The molecular formula is C9H11N3O. The largest absolute Gasteiger partial charge is 0.480 e. The van der Waals surface area contributed by atoms with Gasteiger partial charge in [-0.15, -0.1) is 10.2 Å². The average Bonchev–Trinajstić information content (AvgIpc) is 2.19. The van der Waals surface area contributed by atoms with E-state index in [4.69, 9.17) is 4.74 Å². The standard InChI is InChI=1S/C9H11N3O/c1-10-7-3-4-8-5-6-9(13-2)12-11-8/h5-6,10H,7H2,1-2H3. The Balaban J connectivity index is 2.65. The minimum absolute atomic E-state index is 0.499. The fourth-order valence-electron chi connectivity index (χ4n) is 0.719. The first-order valence-corrected chi connectivity index (χ1v) is 3.88. The number of aromatic nitrogens is 2. The number of hydrogen-bond donors (Lipinski definition) is 1. The van der Waals surface area contributed by atoms with E-state index in [1.807, 2.05) is 7.05 Å². The molecule has 68 valence electrons. The number of hydrogen-bond acceptors (Lipinski definition) is 4. The van der Waals surface area contributed by atoms with Crippen molar-refractivity contribution in [2.45, 2.75) is 0 Å². The van der Waals surface area contributed by atoms with Gasteiger partial charge in [0.15, 0.2) is 0 Å². The maximum atomic E-state index is 4.86. The number of methoxy groups -OCH3 is 1. The third-order valence-corrected chi connectivity index (χ3v) is 1.33. The number of nitrogens with zero attached hydrogens (tertiary/aromatic N) is 2. The Morgan fingerprint density at radius 3 is 2.85 bits per heavy atom. The molecule has 0 aromatic carbocycles. The first-order chi connectivity index (χ1) is 6.36. The lowest BCUT2D eigenvalue weighted by molar-refractivity contribution is 0.391. The van der Waals surface area contributed by atoms with Crippen LogP contribution in [0.5, 0.6) is 5.88 Å². The molecule has 0 saturated carbocycles. The van der Waals surface area contributed by atoms with Gasteiger partial charge in [0.2, 0.25) is 5.88 Å². The van der Waals surface area contributed by atoms with E-state index in [2.05, 4.69) is 27.4 Å². The van der Waals surface area contributed by atoms with Crippen molar-refractivity contribution in [2.24, 2.45) is 0 Å². The summed E-state index contributed by atoms with van der Waals surface area (Å²) in [4.78, 5) is 0. The van der Waals surface area contributed by atoms with Gasteiger partial charge in [0.25, 0.3) is 0 Å². The van der Waals surface area contributed by atoms with Gasteiger partial charge >= 0.3 is 0 Å². The topological polar surface area (TPSA) is 47.0 Å².